The molecule has 6 heteroatoms. The van der Waals surface area contributed by atoms with Crippen LogP contribution in [-0.2, 0) is 28.6 Å². The minimum atomic E-state index is -0.761. The molecule has 0 aliphatic rings. The monoisotopic (exact) mass is 863 g/mol. The summed E-state index contributed by atoms with van der Waals surface area (Å²) < 4.78 is 16.8. The second kappa shape index (κ2) is 49.4. The first-order valence-electron chi connectivity index (χ1n) is 27.4. The Morgan fingerprint density at radius 1 is 0.311 bits per heavy atom. The van der Waals surface area contributed by atoms with Gasteiger partial charge in [-0.15, -0.1) is 0 Å². The van der Waals surface area contributed by atoms with E-state index in [2.05, 4.69) is 27.7 Å². The minimum Gasteiger partial charge on any atom is -0.462 e. The molecule has 61 heavy (non-hydrogen) atoms. The van der Waals surface area contributed by atoms with Crippen molar-refractivity contribution in [3.8, 4) is 0 Å². The van der Waals surface area contributed by atoms with Crippen molar-refractivity contribution in [2.45, 2.75) is 316 Å². The molecule has 0 fully saturated rings. The maximum Gasteiger partial charge on any atom is 0.306 e. The summed E-state index contributed by atoms with van der Waals surface area (Å²) in [4.78, 5) is 38.0. The van der Waals surface area contributed by atoms with Gasteiger partial charge in [0.25, 0.3) is 0 Å². The number of carbonyl (C=O) groups is 3. The number of ether oxygens (including phenoxy) is 3. The van der Waals surface area contributed by atoms with Gasteiger partial charge in [-0.3, -0.25) is 14.4 Å². The van der Waals surface area contributed by atoms with E-state index in [0.29, 0.717) is 19.3 Å². The van der Waals surface area contributed by atoms with Gasteiger partial charge in [0.2, 0.25) is 0 Å². The van der Waals surface area contributed by atoms with E-state index in [0.717, 1.165) is 63.7 Å². The maximum atomic E-state index is 12.8. The summed E-state index contributed by atoms with van der Waals surface area (Å²) >= 11 is 0. The van der Waals surface area contributed by atoms with Gasteiger partial charge in [0.15, 0.2) is 6.10 Å². The molecule has 0 N–H and O–H groups in total. The zero-order chi connectivity index (χ0) is 44.5. The van der Waals surface area contributed by atoms with Gasteiger partial charge in [-0.1, -0.05) is 272 Å². The lowest BCUT2D eigenvalue weighted by Gasteiger charge is -2.18. The summed E-state index contributed by atoms with van der Waals surface area (Å²) in [5.41, 5.74) is 0. The summed E-state index contributed by atoms with van der Waals surface area (Å²) in [7, 11) is 0. The van der Waals surface area contributed by atoms with Gasteiger partial charge < -0.3 is 14.2 Å². The van der Waals surface area contributed by atoms with Gasteiger partial charge in [0, 0.05) is 19.3 Å². The van der Waals surface area contributed by atoms with Gasteiger partial charge in [-0.05, 0) is 25.2 Å². The standard InChI is InChI=1S/C55H106O6/c1-5-7-9-11-13-15-17-18-19-20-21-22-27-31-35-39-43-47-54(57)60-50-52(49-59-53(56)46-42-38-34-30-25-16-14-12-10-8-6-2)61-55(58)48-44-40-36-32-28-24-23-26-29-33-37-41-45-51(3)4/h51-52H,5-50H2,1-4H3/t52-/m0/s1. The number of carbonyl (C=O) groups excluding carboxylic acids is 3. The molecule has 0 unspecified atom stereocenters. The molecule has 0 radical (unpaired) electrons. The first-order valence-corrected chi connectivity index (χ1v) is 27.4. The van der Waals surface area contributed by atoms with E-state index in [1.807, 2.05) is 0 Å². The van der Waals surface area contributed by atoms with Crippen LogP contribution in [0.15, 0.2) is 0 Å². The van der Waals surface area contributed by atoms with Gasteiger partial charge in [-0.2, -0.15) is 0 Å². The molecule has 0 aromatic rings. The second-order valence-corrected chi connectivity index (χ2v) is 19.3. The fourth-order valence-electron chi connectivity index (χ4n) is 8.39. The predicted molar refractivity (Wildman–Crippen MR) is 261 cm³/mol. The van der Waals surface area contributed by atoms with Crippen LogP contribution in [0.25, 0.3) is 0 Å². The smallest absolute Gasteiger partial charge is 0.306 e. The summed E-state index contributed by atoms with van der Waals surface area (Å²) in [5, 5.41) is 0. The molecule has 0 rings (SSSR count). The van der Waals surface area contributed by atoms with Crippen molar-refractivity contribution >= 4 is 17.9 Å². The van der Waals surface area contributed by atoms with Crippen LogP contribution in [-0.4, -0.2) is 37.2 Å². The Kier molecular flexibility index (Phi) is 48.1. The number of esters is 3. The van der Waals surface area contributed by atoms with Crippen LogP contribution in [0, 0.1) is 5.92 Å². The Bertz CT molecular complexity index is 918. The third kappa shape index (κ3) is 49.3. The first-order chi connectivity index (χ1) is 29.9. The SMILES string of the molecule is CCCCCCCCCCCCCCCCCCCC(=O)OC[C@H](COC(=O)CCCCCCCCCCCCC)OC(=O)CCCCCCCCCCCCCCC(C)C. The highest BCUT2D eigenvalue weighted by Crippen LogP contribution is 2.17. The minimum absolute atomic E-state index is 0.0623. The van der Waals surface area contributed by atoms with Crippen molar-refractivity contribution in [3.63, 3.8) is 0 Å². The third-order valence-electron chi connectivity index (χ3n) is 12.5. The average molecular weight is 863 g/mol. The van der Waals surface area contributed by atoms with E-state index in [1.54, 1.807) is 0 Å². The van der Waals surface area contributed by atoms with E-state index in [1.165, 1.54) is 205 Å². The molecule has 0 aliphatic heterocycles. The zero-order valence-electron chi connectivity index (χ0n) is 41.6. The molecule has 0 bridgehead atoms. The van der Waals surface area contributed by atoms with Crippen molar-refractivity contribution in [2.75, 3.05) is 13.2 Å². The fourth-order valence-corrected chi connectivity index (χ4v) is 8.39. The lowest BCUT2D eigenvalue weighted by atomic mass is 10.0. The molecule has 1 atom stereocenters. The van der Waals surface area contributed by atoms with E-state index in [4.69, 9.17) is 14.2 Å². The van der Waals surface area contributed by atoms with Crippen molar-refractivity contribution < 1.29 is 28.6 Å². The van der Waals surface area contributed by atoms with Gasteiger partial charge in [0.05, 0.1) is 0 Å². The van der Waals surface area contributed by atoms with Crippen molar-refractivity contribution in [1.82, 2.24) is 0 Å². The van der Waals surface area contributed by atoms with Crippen LogP contribution in [0.5, 0.6) is 0 Å². The Balaban J connectivity index is 4.27. The lowest BCUT2D eigenvalue weighted by Crippen LogP contribution is -2.30. The molecule has 0 spiro atoms. The predicted octanol–water partition coefficient (Wildman–Crippen LogP) is 17.8. The van der Waals surface area contributed by atoms with Gasteiger partial charge >= 0.3 is 17.9 Å². The number of hydrogen-bond donors (Lipinski definition) is 0. The highest BCUT2D eigenvalue weighted by molar-refractivity contribution is 5.71. The Morgan fingerprint density at radius 3 is 0.803 bits per heavy atom. The molecule has 0 aromatic carbocycles. The van der Waals surface area contributed by atoms with Crippen LogP contribution in [0.4, 0.5) is 0 Å². The van der Waals surface area contributed by atoms with Crippen LogP contribution in [0.2, 0.25) is 0 Å². The normalized spacial score (nSPS) is 12.0. The summed E-state index contributed by atoms with van der Waals surface area (Å²) in [6, 6.07) is 0. The van der Waals surface area contributed by atoms with Crippen molar-refractivity contribution in [1.29, 1.82) is 0 Å². The van der Waals surface area contributed by atoms with Crippen LogP contribution < -0.4 is 0 Å². The van der Waals surface area contributed by atoms with Crippen LogP contribution in [0.3, 0.4) is 0 Å². The van der Waals surface area contributed by atoms with E-state index >= 15 is 0 Å². The van der Waals surface area contributed by atoms with Gasteiger partial charge in [-0.25, -0.2) is 0 Å². The summed E-state index contributed by atoms with van der Waals surface area (Å²) in [6.45, 7) is 9.04. The molecule has 0 saturated carbocycles. The van der Waals surface area contributed by atoms with E-state index in [9.17, 15) is 14.4 Å². The van der Waals surface area contributed by atoms with Crippen molar-refractivity contribution in [3.05, 3.63) is 0 Å². The third-order valence-corrected chi connectivity index (χ3v) is 12.5. The van der Waals surface area contributed by atoms with Gasteiger partial charge in [0.1, 0.15) is 13.2 Å². The zero-order valence-corrected chi connectivity index (χ0v) is 41.6. The maximum absolute atomic E-state index is 12.8. The highest BCUT2D eigenvalue weighted by atomic mass is 16.6. The molecular weight excluding hydrogens is 757 g/mol. The van der Waals surface area contributed by atoms with Crippen molar-refractivity contribution in [2.24, 2.45) is 5.92 Å². The molecular formula is C55H106O6. The van der Waals surface area contributed by atoms with Crippen LogP contribution in [0.1, 0.15) is 310 Å². The number of hydrogen-bond acceptors (Lipinski definition) is 6. The molecule has 0 heterocycles. The Morgan fingerprint density at radius 2 is 0.541 bits per heavy atom. The topological polar surface area (TPSA) is 78.9 Å². The molecule has 0 aromatic heterocycles. The number of unbranched alkanes of at least 4 members (excludes halogenated alkanes) is 37. The molecule has 0 saturated heterocycles. The quantitative estimate of drug-likeness (QED) is 0.0344. The number of rotatable bonds is 50. The lowest BCUT2D eigenvalue weighted by molar-refractivity contribution is -0.167. The van der Waals surface area contributed by atoms with E-state index in [-0.39, 0.29) is 31.1 Å². The molecule has 362 valence electrons. The first kappa shape index (κ1) is 59.4. The average Bonchev–Trinajstić information content (AvgIpc) is 3.24. The summed E-state index contributed by atoms with van der Waals surface area (Å²) in [5.74, 6) is -0.00859. The Hall–Kier alpha value is -1.59. The molecule has 6 nitrogen and oxygen atoms in total. The molecule has 0 aliphatic carbocycles. The molecule has 0 amide bonds. The van der Waals surface area contributed by atoms with E-state index < -0.39 is 6.10 Å². The Labute approximate surface area is 380 Å². The van der Waals surface area contributed by atoms with Crippen LogP contribution >= 0.6 is 0 Å². The second-order valence-electron chi connectivity index (χ2n) is 19.3. The largest absolute Gasteiger partial charge is 0.462 e. The summed E-state index contributed by atoms with van der Waals surface area (Å²) in [6.07, 6.45) is 52.3. The fraction of sp³-hybridized carbons (Fsp3) is 0.945. The highest BCUT2D eigenvalue weighted by Gasteiger charge is 2.19.